The van der Waals surface area contributed by atoms with E-state index >= 15 is 0 Å². The highest BCUT2D eigenvalue weighted by atomic mass is 32.1. The molecular weight excluding hydrogens is 236 g/mol. The Labute approximate surface area is 107 Å². The molecule has 0 aromatic carbocycles. The molecule has 0 fully saturated rings. The van der Waals surface area contributed by atoms with Crippen molar-refractivity contribution in [2.24, 2.45) is 0 Å². The molecule has 0 saturated heterocycles. The number of nitrogens with zero attached hydrogens (tertiary/aromatic N) is 1. The molecule has 0 aliphatic heterocycles. The summed E-state index contributed by atoms with van der Waals surface area (Å²) in [7, 11) is 3.44. The van der Waals surface area contributed by atoms with Crippen LogP contribution in [0.5, 0.6) is 0 Å². The lowest BCUT2D eigenvalue weighted by Crippen LogP contribution is -2.44. The van der Waals surface area contributed by atoms with E-state index in [0.717, 1.165) is 0 Å². The maximum atomic E-state index is 12.1. The van der Waals surface area contributed by atoms with E-state index in [4.69, 9.17) is 4.74 Å². The van der Waals surface area contributed by atoms with Crippen LogP contribution in [0.3, 0.4) is 0 Å². The number of methoxy groups -OCH3 is 1. The maximum Gasteiger partial charge on any atom is 0.239 e. The van der Waals surface area contributed by atoms with Crippen LogP contribution < -0.4 is 5.32 Å². The molecule has 96 valence electrons. The van der Waals surface area contributed by atoms with Crippen LogP contribution in [0.25, 0.3) is 0 Å². The summed E-state index contributed by atoms with van der Waals surface area (Å²) in [6.45, 7) is 3.72. The van der Waals surface area contributed by atoms with Gasteiger partial charge in [-0.3, -0.25) is 4.79 Å². The number of amides is 1. The van der Waals surface area contributed by atoms with E-state index in [1.807, 2.05) is 29.3 Å². The van der Waals surface area contributed by atoms with Gasteiger partial charge >= 0.3 is 0 Å². The molecule has 0 aliphatic carbocycles. The van der Waals surface area contributed by atoms with Crippen molar-refractivity contribution in [3.63, 3.8) is 0 Å². The first-order valence-corrected chi connectivity index (χ1v) is 6.54. The molecule has 1 aromatic heterocycles. The van der Waals surface area contributed by atoms with Crippen LogP contribution in [-0.4, -0.2) is 44.2 Å². The van der Waals surface area contributed by atoms with Crippen LogP contribution >= 0.6 is 11.3 Å². The smallest absolute Gasteiger partial charge is 0.239 e. The standard InChI is InChI=1S/C12H20N2O2S/c1-10(13-2)12(15)14(6-7-16-3)9-11-5-4-8-17-11/h4-5,8,10,13H,6-7,9H2,1-3H3. The normalized spacial score (nSPS) is 12.4. The molecular formula is C12H20N2O2S. The fourth-order valence-corrected chi connectivity index (χ4v) is 2.18. The first-order valence-electron chi connectivity index (χ1n) is 5.66. The molecule has 0 radical (unpaired) electrons. The zero-order valence-corrected chi connectivity index (χ0v) is 11.4. The molecule has 17 heavy (non-hydrogen) atoms. The van der Waals surface area contributed by atoms with Gasteiger partial charge in [0.25, 0.3) is 0 Å². The Morgan fingerprint density at radius 1 is 1.65 bits per heavy atom. The molecule has 1 N–H and O–H groups in total. The third-order valence-corrected chi connectivity index (χ3v) is 3.47. The summed E-state index contributed by atoms with van der Waals surface area (Å²) >= 11 is 1.67. The Bertz CT molecular complexity index is 327. The highest BCUT2D eigenvalue weighted by molar-refractivity contribution is 7.09. The second-order valence-electron chi connectivity index (χ2n) is 3.84. The van der Waals surface area contributed by atoms with Crippen LogP contribution in [0.2, 0.25) is 0 Å². The van der Waals surface area contributed by atoms with Gasteiger partial charge in [-0.15, -0.1) is 11.3 Å². The van der Waals surface area contributed by atoms with Gasteiger partial charge < -0.3 is 15.0 Å². The van der Waals surface area contributed by atoms with E-state index in [2.05, 4.69) is 5.32 Å². The number of hydrogen-bond donors (Lipinski definition) is 1. The summed E-state index contributed by atoms with van der Waals surface area (Å²) in [5.41, 5.74) is 0. The summed E-state index contributed by atoms with van der Waals surface area (Å²) in [6.07, 6.45) is 0. The molecule has 0 bridgehead atoms. The maximum absolute atomic E-state index is 12.1. The van der Waals surface area contributed by atoms with Crippen molar-refractivity contribution in [3.05, 3.63) is 22.4 Å². The first-order chi connectivity index (χ1) is 8.19. The Balaban J connectivity index is 2.62. The monoisotopic (exact) mass is 256 g/mol. The van der Waals surface area contributed by atoms with Crippen molar-refractivity contribution in [1.29, 1.82) is 0 Å². The molecule has 1 heterocycles. The van der Waals surface area contributed by atoms with Gasteiger partial charge in [0, 0.05) is 18.5 Å². The molecule has 0 saturated carbocycles. The van der Waals surface area contributed by atoms with Gasteiger partial charge in [-0.2, -0.15) is 0 Å². The number of carbonyl (C=O) groups excluding carboxylic acids is 1. The second kappa shape index (κ2) is 7.42. The minimum atomic E-state index is -0.160. The van der Waals surface area contributed by atoms with E-state index in [0.29, 0.717) is 19.7 Å². The van der Waals surface area contributed by atoms with Crippen molar-refractivity contribution in [3.8, 4) is 0 Å². The van der Waals surface area contributed by atoms with Gasteiger partial charge in [-0.25, -0.2) is 0 Å². The van der Waals surface area contributed by atoms with Gasteiger partial charge in [0.15, 0.2) is 0 Å². The van der Waals surface area contributed by atoms with Crippen molar-refractivity contribution in [2.45, 2.75) is 19.5 Å². The van der Waals surface area contributed by atoms with Gasteiger partial charge in [0.05, 0.1) is 19.2 Å². The first kappa shape index (κ1) is 14.2. The van der Waals surface area contributed by atoms with Crippen LogP contribution in [-0.2, 0) is 16.1 Å². The fourth-order valence-electron chi connectivity index (χ4n) is 1.46. The van der Waals surface area contributed by atoms with Crippen molar-refractivity contribution < 1.29 is 9.53 Å². The number of carbonyl (C=O) groups is 1. The van der Waals surface area contributed by atoms with Crippen LogP contribution in [0.15, 0.2) is 17.5 Å². The summed E-state index contributed by atoms with van der Waals surface area (Å²) in [5.74, 6) is 0.109. The summed E-state index contributed by atoms with van der Waals surface area (Å²) < 4.78 is 5.04. The topological polar surface area (TPSA) is 41.6 Å². The lowest BCUT2D eigenvalue weighted by Gasteiger charge is -2.24. The van der Waals surface area contributed by atoms with Crippen LogP contribution in [0.1, 0.15) is 11.8 Å². The fraction of sp³-hybridized carbons (Fsp3) is 0.583. The van der Waals surface area contributed by atoms with Crippen LogP contribution in [0, 0.1) is 0 Å². The van der Waals surface area contributed by atoms with Crippen molar-refractivity contribution >= 4 is 17.2 Å². The molecule has 0 aliphatic rings. The van der Waals surface area contributed by atoms with Gasteiger partial charge in [-0.1, -0.05) is 6.07 Å². The van der Waals surface area contributed by atoms with E-state index in [1.54, 1.807) is 25.5 Å². The van der Waals surface area contributed by atoms with Crippen LogP contribution in [0.4, 0.5) is 0 Å². The zero-order chi connectivity index (χ0) is 12.7. The molecule has 0 spiro atoms. The number of rotatable bonds is 7. The molecule has 5 heteroatoms. The third kappa shape index (κ3) is 4.46. The SMILES string of the molecule is CNC(C)C(=O)N(CCOC)Cc1cccs1. The largest absolute Gasteiger partial charge is 0.383 e. The average Bonchev–Trinajstić information content (AvgIpc) is 2.85. The lowest BCUT2D eigenvalue weighted by molar-refractivity contribution is -0.134. The third-order valence-electron chi connectivity index (χ3n) is 2.61. The highest BCUT2D eigenvalue weighted by Crippen LogP contribution is 2.12. The summed E-state index contributed by atoms with van der Waals surface area (Å²) in [5, 5.41) is 5.00. The lowest BCUT2D eigenvalue weighted by atomic mass is 10.2. The van der Waals surface area contributed by atoms with Gasteiger partial charge in [0.2, 0.25) is 5.91 Å². The Morgan fingerprint density at radius 2 is 2.41 bits per heavy atom. The number of ether oxygens (including phenoxy) is 1. The van der Waals surface area contributed by atoms with Gasteiger partial charge in [-0.05, 0) is 25.4 Å². The Hall–Kier alpha value is -0.910. The van der Waals surface area contributed by atoms with Gasteiger partial charge in [0.1, 0.15) is 0 Å². The second-order valence-corrected chi connectivity index (χ2v) is 4.87. The molecule has 1 aromatic rings. The quantitative estimate of drug-likeness (QED) is 0.800. The Morgan fingerprint density at radius 3 is 2.94 bits per heavy atom. The predicted molar refractivity (Wildman–Crippen MR) is 70.1 cm³/mol. The average molecular weight is 256 g/mol. The van der Waals surface area contributed by atoms with E-state index in [1.165, 1.54) is 4.88 Å². The summed E-state index contributed by atoms with van der Waals surface area (Å²) in [4.78, 5) is 15.1. The summed E-state index contributed by atoms with van der Waals surface area (Å²) in [6, 6.07) is 3.88. The molecule has 1 atom stereocenters. The predicted octanol–water partition coefficient (Wildman–Crippen LogP) is 1.33. The minimum Gasteiger partial charge on any atom is -0.383 e. The number of thiophene rings is 1. The molecule has 4 nitrogen and oxygen atoms in total. The molecule has 1 rings (SSSR count). The molecule has 1 unspecified atom stereocenters. The van der Waals surface area contributed by atoms with E-state index < -0.39 is 0 Å². The van der Waals surface area contributed by atoms with E-state index in [9.17, 15) is 4.79 Å². The Kier molecular flexibility index (Phi) is 6.18. The van der Waals surface area contributed by atoms with Crippen molar-refractivity contribution in [1.82, 2.24) is 10.2 Å². The van der Waals surface area contributed by atoms with Crippen molar-refractivity contribution in [2.75, 3.05) is 27.3 Å². The minimum absolute atomic E-state index is 0.109. The highest BCUT2D eigenvalue weighted by Gasteiger charge is 2.19. The molecule has 1 amide bonds. The number of hydrogen-bond acceptors (Lipinski definition) is 4. The van der Waals surface area contributed by atoms with E-state index in [-0.39, 0.29) is 11.9 Å². The number of nitrogens with one attached hydrogen (secondary N) is 1. The number of likely N-dealkylation sites (N-methyl/N-ethyl adjacent to an activating group) is 1. The zero-order valence-electron chi connectivity index (χ0n) is 10.6.